The van der Waals surface area contributed by atoms with E-state index in [9.17, 15) is 4.79 Å². The van der Waals surface area contributed by atoms with E-state index in [-0.39, 0.29) is 12.7 Å². The van der Waals surface area contributed by atoms with Crippen LogP contribution in [0.15, 0.2) is 30.3 Å². The number of hydrogen-bond acceptors (Lipinski definition) is 3. The monoisotopic (exact) mass is 193 g/mol. The van der Waals surface area contributed by atoms with E-state index in [1.165, 1.54) is 6.47 Å². The van der Waals surface area contributed by atoms with E-state index in [0.29, 0.717) is 0 Å². The summed E-state index contributed by atoms with van der Waals surface area (Å²) in [5.74, 6) is 0.786. The molecular formula is C11H13O3. The molecule has 0 aromatic heterocycles. The highest BCUT2D eigenvalue weighted by Crippen LogP contribution is 2.12. The molecule has 75 valence electrons. The summed E-state index contributed by atoms with van der Waals surface area (Å²) in [6.07, 6.45) is 0.690. The maximum absolute atomic E-state index is 9.87. The molecular weight excluding hydrogens is 180 g/mol. The smallest absolute Gasteiger partial charge is 0.417 e. The van der Waals surface area contributed by atoms with Gasteiger partial charge in [-0.2, -0.15) is 0 Å². The molecule has 14 heavy (non-hydrogen) atoms. The Morgan fingerprint density at radius 3 is 2.64 bits per heavy atom. The van der Waals surface area contributed by atoms with Crippen molar-refractivity contribution in [1.29, 1.82) is 0 Å². The van der Waals surface area contributed by atoms with Gasteiger partial charge in [-0.15, -0.1) is 0 Å². The number of rotatable bonds is 6. The molecule has 0 saturated heterocycles. The van der Waals surface area contributed by atoms with Crippen molar-refractivity contribution >= 4 is 6.47 Å². The molecule has 0 bridgehead atoms. The highest BCUT2D eigenvalue weighted by atomic mass is 16.6. The van der Waals surface area contributed by atoms with Crippen molar-refractivity contribution in [2.45, 2.75) is 19.4 Å². The summed E-state index contributed by atoms with van der Waals surface area (Å²) in [6, 6.07) is 9.45. The lowest BCUT2D eigenvalue weighted by Gasteiger charge is -2.15. The molecule has 0 spiro atoms. The van der Waals surface area contributed by atoms with Gasteiger partial charge in [-0.05, 0) is 18.6 Å². The van der Waals surface area contributed by atoms with Gasteiger partial charge in [0.25, 0.3) is 0 Å². The lowest BCUT2D eigenvalue weighted by atomic mass is 10.3. The fourth-order valence-corrected chi connectivity index (χ4v) is 1.05. The van der Waals surface area contributed by atoms with Crippen LogP contribution in [0.1, 0.15) is 13.3 Å². The quantitative estimate of drug-likeness (QED) is 0.692. The largest absolute Gasteiger partial charge is 0.487 e. The van der Waals surface area contributed by atoms with Crippen molar-refractivity contribution in [2.24, 2.45) is 0 Å². The lowest BCUT2D eigenvalue weighted by Crippen LogP contribution is -2.21. The maximum Gasteiger partial charge on any atom is 0.417 e. The van der Waals surface area contributed by atoms with Crippen LogP contribution in [0.25, 0.3) is 0 Å². The van der Waals surface area contributed by atoms with E-state index in [0.717, 1.165) is 12.2 Å². The van der Waals surface area contributed by atoms with Crippen molar-refractivity contribution in [3.05, 3.63) is 30.3 Å². The van der Waals surface area contributed by atoms with E-state index in [1.807, 2.05) is 37.3 Å². The van der Waals surface area contributed by atoms with Crippen molar-refractivity contribution in [2.75, 3.05) is 6.61 Å². The Hall–Kier alpha value is -1.51. The predicted molar refractivity (Wildman–Crippen MR) is 52.8 cm³/mol. The van der Waals surface area contributed by atoms with Gasteiger partial charge in [-0.1, -0.05) is 25.1 Å². The van der Waals surface area contributed by atoms with Gasteiger partial charge < -0.3 is 9.47 Å². The van der Waals surface area contributed by atoms with E-state index in [4.69, 9.17) is 4.74 Å². The fraction of sp³-hybridized carbons (Fsp3) is 0.364. The van der Waals surface area contributed by atoms with E-state index < -0.39 is 0 Å². The summed E-state index contributed by atoms with van der Waals surface area (Å²) in [6.45, 7) is 3.61. The van der Waals surface area contributed by atoms with Crippen LogP contribution in [-0.4, -0.2) is 19.2 Å². The van der Waals surface area contributed by atoms with Gasteiger partial charge in [0.05, 0.1) is 0 Å². The average molecular weight is 193 g/mol. The highest BCUT2D eigenvalue weighted by Gasteiger charge is 2.07. The van der Waals surface area contributed by atoms with Gasteiger partial charge in [-0.3, -0.25) is 0 Å². The number of para-hydroxylation sites is 1. The van der Waals surface area contributed by atoms with Crippen molar-refractivity contribution in [3.8, 4) is 5.75 Å². The molecule has 3 heteroatoms. The third-order valence-corrected chi connectivity index (χ3v) is 1.83. The summed E-state index contributed by atoms with van der Waals surface area (Å²) in [7, 11) is 0. The Balaban J connectivity index is 2.44. The molecule has 1 rings (SSSR count). The Kier molecular flexibility index (Phi) is 4.55. The first-order valence-corrected chi connectivity index (χ1v) is 4.57. The van der Waals surface area contributed by atoms with Gasteiger partial charge in [0.1, 0.15) is 18.5 Å². The standard InChI is InChI=1S/C11H13O3/c1-2-10(8-13-9-12)14-11-6-4-3-5-7-11/h3-7,10H,2,8H2,1H3. The van der Waals surface area contributed by atoms with Crippen LogP contribution in [0.2, 0.25) is 0 Å². The SMILES string of the molecule is CCC(CO[C]=O)Oc1ccccc1. The molecule has 1 aromatic carbocycles. The Morgan fingerprint density at radius 2 is 2.07 bits per heavy atom. The normalized spacial score (nSPS) is 11.8. The van der Waals surface area contributed by atoms with E-state index in [1.54, 1.807) is 0 Å². The molecule has 0 fully saturated rings. The molecule has 0 saturated carbocycles. The molecule has 0 aliphatic rings. The first-order chi connectivity index (χ1) is 6.86. The van der Waals surface area contributed by atoms with Crippen LogP contribution in [-0.2, 0) is 9.53 Å². The van der Waals surface area contributed by atoms with Gasteiger partial charge in [-0.25, -0.2) is 4.79 Å². The topological polar surface area (TPSA) is 35.5 Å². The van der Waals surface area contributed by atoms with Gasteiger partial charge >= 0.3 is 6.47 Å². The molecule has 1 radical (unpaired) electrons. The minimum absolute atomic E-state index is 0.0983. The molecule has 0 heterocycles. The summed E-state index contributed by atoms with van der Waals surface area (Å²) < 4.78 is 10.1. The van der Waals surface area contributed by atoms with Crippen LogP contribution in [0, 0.1) is 0 Å². The van der Waals surface area contributed by atoms with Crippen molar-refractivity contribution in [3.63, 3.8) is 0 Å². The number of hydrogen-bond donors (Lipinski definition) is 0. The number of ether oxygens (including phenoxy) is 2. The molecule has 1 unspecified atom stereocenters. The van der Waals surface area contributed by atoms with E-state index in [2.05, 4.69) is 4.74 Å². The van der Waals surface area contributed by atoms with Crippen LogP contribution in [0.4, 0.5) is 0 Å². The Labute approximate surface area is 83.6 Å². The van der Waals surface area contributed by atoms with Crippen molar-refractivity contribution < 1.29 is 14.3 Å². The molecule has 1 atom stereocenters. The lowest BCUT2D eigenvalue weighted by molar-refractivity contribution is 0.116. The third-order valence-electron chi connectivity index (χ3n) is 1.83. The van der Waals surface area contributed by atoms with Crippen LogP contribution < -0.4 is 4.74 Å². The number of carbonyl (C=O) groups excluding carboxylic acids is 1. The molecule has 0 aliphatic heterocycles. The second-order valence-corrected chi connectivity index (χ2v) is 2.86. The van der Waals surface area contributed by atoms with Gasteiger partial charge in [0.2, 0.25) is 0 Å². The minimum atomic E-state index is -0.0983. The summed E-state index contributed by atoms with van der Waals surface area (Å²) in [4.78, 5) is 9.87. The second kappa shape index (κ2) is 6.02. The van der Waals surface area contributed by atoms with Crippen LogP contribution in [0.3, 0.4) is 0 Å². The first kappa shape index (κ1) is 10.6. The van der Waals surface area contributed by atoms with Crippen molar-refractivity contribution in [1.82, 2.24) is 0 Å². The van der Waals surface area contributed by atoms with Crippen LogP contribution in [0.5, 0.6) is 5.75 Å². The fourth-order valence-electron chi connectivity index (χ4n) is 1.05. The number of benzene rings is 1. The Morgan fingerprint density at radius 1 is 1.36 bits per heavy atom. The average Bonchev–Trinajstić information content (AvgIpc) is 2.25. The molecule has 0 aliphatic carbocycles. The zero-order chi connectivity index (χ0) is 10.2. The molecule has 3 nitrogen and oxygen atoms in total. The zero-order valence-electron chi connectivity index (χ0n) is 8.10. The zero-order valence-corrected chi connectivity index (χ0v) is 8.10. The Bertz CT molecular complexity index is 258. The third kappa shape index (κ3) is 3.47. The predicted octanol–water partition coefficient (Wildman–Crippen LogP) is 1.93. The van der Waals surface area contributed by atoms with Gasteiger partial charge in [0, 0.05) is 0 Å². The van der Waals surface area contributed by atoms with E-state index >= 15 is 0 Å². The molecule has 1 aromatic rings. The minimum Gasteiger partial charge on any atom is -0.487 e. The first-order valence-electron chi connectivity index (χ1n) is 4.57. The molecule has 0 amide bonds. The van der Waals surface area contributed by atoms with Crippen LogP contribution >= 0.6 is 0 Å². The summed E-state index contributed by atoms with van der Waals surface area (Å²) in [5.41, 5.74) is 0. The van der Waals surface area contributed by atoms with Gasteiger partial charge in [0.15, 0.2) is 0 Å². The molecule has 0 N–H and O–H groups in total. The highest BCUT2D eigenvalue weighted by molar-refractivity contribution is 5.38. The maximum atomic E-state index is 9.87. The summed E-state index contributed by atoms with van der Waals surface area (Å²) >= 11 is 0. The summed E-state index contributed by atoms with van der Waals surface area (Å²) in [5, 5.41) is 0. The second-order valence-electron chi connectivity index (χ2n) is 2.86.